The third-order valence-electron chi connectivity index (χ3n) is 5.43. The monoisotopic (exact) mass is 444 g/mol. The van der Waals surface area contributed by atoms with Gasteiger partial charge in [-0.05, 0) is 86.1 Å². The van der Waals surface area contributed by atoms with Crippen molar-refractivity contribution in [1.82, 2.24) is 4.90 Å². The van der Waals surface area contributed by atoms with Crippen molar-refractivity contribution in [2.45, 2.75) is 20.3 Å². The second-order valence-corrected chi connectivity index (χ2v) is 8.20. The highest BCUT2D eigenvalue weighted by Crippen LogP contribution is 2.32. The SMILES string of the molecule is CC/C(=C(\C(=O)Nc1ccc(OCCN(C)C)cc1)c1ccc(O)cc1)c1ccccc1C. The highest BCUT2D eigenvalue weighted by molar-refractivity contribution is 6.31. The molecule has 0 aliphatic carbocycles. The number of amides is 1. The molecule has 0 spiro atoms. The standard InChI is InChI=1S/C28H32N2O3/c1-5-25(26-9-7-6-8-20(26)2)27(21-10-14-23(31)15-11-21)28(32)29-22-12-16-24(17-13-22)33-19-18-30(3)4/h6-17,31H,5,18-19H2,1-4H3,(H,29,32)/b27-25+. The number of allylic oxidation sites excluding steroid dienone is 1. The molecule has 3 rings (SSSR count). The lowest BCUT2D eigenvalue weighted by molar-refractivity contribution is -0.111. The average molecular weight is 445 g/mol. The molecular weight excluding hydrogens is 412 g/mol. The Kier molecular flexibility index (Phi) is 8.28. The summed E-state index contributed by atoms with van der Waals surface area (Å²) in [4.78, 5) is 15.6. The number of aryl methyl sites for hydroxylation is 1. The Balaban J connectivity index is 1.92. The van der Waals surface area contributed by atoms with Gasteiger partial charge >= 0.3 is 0 Å². The van der Waals surface area contributed by atoms with Crippen LogP contribution in [0.2, 0.25) is 0 Å². The zero-order chi connectivity index (χ0) is 23.8. The number of nitrogens with one attached hydrogen (secondary N) is 1. The Labute approximate surface area is 196 Å². The molecule has 0 fully saturated rings. The lowest BCUT2D eigenvalue weighted by atomic mass is 9.90. The van der Waals surface area contributed by atoms with Gasteiger partial charge in [0, 0.05) is 12.2 Å². The van der Waals surface area contributed by atoms with Crippen LogP contribution in [0, 0.1) is 6.92 Å². The van der Waals surface area contributed by atoms with Crippen molar-refractivity contribution in [3.63, 3.8) is 0 Å². The van der Waals surface area contributed by atoms with Crippen molar-refractivity contribution in [3.05, 3.63) is 89.5 Å². The number of nitrogens with zero attached hydrogens (tertiary/aromatic N) is 1. The number of carbonyl (C=O) groups excluding carboxylic acids is 1. The van der Waals surface area contributed by atoms with Crippen LogP contribution in [-0.4, -0.2) is 43.2 Å². The highest BCUT2D eigenvalue weighted by atomic mass is 16.5. The Morgan fingerprint density at radius 2 is 1.64 bits per heavy atom. The molecule has 0 aliphatic rings. The Bertz CT molecular complexity index is 1100. The number of phenolic OH excluding ortho intramolecular Hbond substituents is 1. The van der Waals surface area contributed by atoms with Crippen molar-refractivity contribution in [3.8, 4) is 11.5 Å². The van der Waals surface area contributed by atoms with E-state index in [0.29, 0.717) is 24.3 Å². The molecule has 0 saturated carbocycles. The first-order chi connectivity index (χ1) is 15.9. The number of ether oxygens (including phenoxy) is 1. The summed E-state index contributed by atoms with van der Waals surface area (Å²) in [6.07, 6.45) is 0.688. The Morgan fingerprint density at radius 3 is 2.24 bits per heavy atom. The molecule has 0 unspecified atom stereocenters. The Morgan fingerprint density at radius 1 is 0.970 bits per heavy atom. The predicted molar refractivity (Wildman–Crippen MR) is 136 cm³/mol. The van der Waals surface area contributed by atoms with E-state index in [0.717, 1.165) is 34.6 Å². The smallest absolute Gasteiger partial charge is 0.256 e. The molecule has 1 amide bonds. The topological polar surface area (TPSA) is 61.8 Å². The second-order valence-electron chi connectivity index (χ2n) is 8.20. The van der Waals surface area contributed by atoms with E-state index in [2.05, 4.69) is 17.1 Å². The molecule has 0 aliphatic heterocycles. The maximum Gasteiger partial charge on any atom is 0.256 e. The minimum absolute atomic E-state index is 0.164. The molecular formula is C28H32N2O3. The zero-order valence-electron chi connectivity index (χ0n) is 19.8. The summed E-state index contributed by atoms with van der Waals surface area (Å²) < 4.78 is 5.74. The molecule has 2 N–H and O–H groups in total. The summed E-state index contributed by atoms with van der Waals surface area (Å²) in [6.45, 7) is 5.53. The van der Waals surface area contributed by atoms with Crippen LogP contribution in [0.5, 0.6) is 11.5 Å². The van der Waals surface area contributed by atoms with E-state index in [1.54, 1.807) is 24.3 Å². The number of hydrogen-bond acceptors (Lipinski definition) is 4. The minimum Gasteiger partial charge on any atom is -0.508 e. The summed E-state index contributed by atoms with van der Waals surface area (Å²) in [5.41, 5.74) is 5.16. The summed E-state index contributed by atoms with van der Waals surface area (Å²) >= 11 is 0. The molecule has 5 nitrogen and oxygen atoms in total. The van der Waals surface area contributed by atoms with E-state index in [9.17, 15) is 9.90 Å². The molecule has 0 aromatic heterocycles. The number of rotatable bonds is 9. The van der Waals surface area contributed by atoms with E-state index in [4.69, 9.17) is 4.74 Å². The zero-order valence-corrected chi connectivity index (χ0v) is 19.8. The molecule has 5 heteroatoms. The van der Waals surface area contributed by atoms with Gasteiger partial charge in [0.2, 0.25) is 0 Å². The normalized spacial score (nSPS) is 11.8. The molecule has 0 radical (unpaired) electrons. The fraction of sp³-hybridized carbons (Fsp3) is 0.250. The van der Waals surface area contributed by atoms with Gasteiger partial charge < -0.3 is 20.1 Å². The molecule has 0 saturated heterocycles. The van der Waals surface area contributed by atoms with Crippen LogP contribution < -0.4 is 10.1 Å². The molecule has 172 valence electrons. The van der Waals surface area contributed by atoms with Gasteiger partial charge in [-0.3, -0.25) is 4.79 Å². The first-order valence-corrected chi connectivity index (χ1v) is 11.2. The highest BCUT2D eigenvalue weighted by Gasteiger charge is 2.19. The lowest BCUT2D eigenvalue weighted by Crippen LogP contribution is -2.19. The maximum absolute atomic E-state index is 13.5. The van der Waals surface area contributed by atoms with Crippen molar-refractivity contribution < 1.29 is 14.6 Å². The molecule has 0 bridgehead atoms. The van der Waals surface area contributed by atoms with Crippen LogP contribution in [0.1, 0.15) is 30.0 Å². The number of carbonyl (C=O) groups is 1. The van der Waals surface area contributed by atoms with Gasteiger partial charge in [0.25, 0.3) is 5.91 Å². The predicted octanol–water partition coefficient (Wildman–Crippen LogP) is 5.60. The average Bonchev–Trinajstić information content (AvgIpc) is 2.80. The number of benzene rings is 3. The van der Waals surface area contributed by atoms with E-state index >= 15 is 0 Å². The molecule has 0 heterocycles. The molecule has 33 heavy (non-hydrogen) atoms. The number of aromatic hydroxyl groups is 1. The second kappa shape index (κ2) is 11.3. The lowest BCUT2D eigenvalue weighted by Gasteiger charge is -2.17. The largest absolute Gasteiger partial charge is 0.508 e. The van der Waals surface area contributed by atoms with E-state index in [-0.39, 0.29) is 11.7 Å². The van der Waals surface area contributed by atoms with Crippen molar-refractivity contribution in [1.29, 1.82) is 0 Å². The van der Waals surface area contributed by atoms with Gasteiger partial charge in [-0.15, -0.1) is 0 Å². The maximum atomic E-state index is 13.5. The Hall–Kier alpha value is -3.57. The molecule has 0 atom stereocenters. The first kappa shape index (κ1) is 24.1. The van der Waals surface area contributed by atoms with Crippen LogP contribution in [0.25, 0.3) is 11.1 Å². The minimum atomic E-state index is -0.193. The van der Waals surface area contributed by atoms with Crippen LogP contribution in [-0.2, 0) is 4.79 Å². The van der Waals surface area contributed by atoms with Crippen molar-refractivity contribution >= 4 is 22.7 Å². The van der Waals surface area contributed by atoms with Crippen LogP contribution in [0.3, 0.4) is 0 Å². The fourth-order valence-corrected chi connectivity index (χ4v) is 3.66. The van der Waals surface area contributed by atoms with Gasteiger partial charge in [-0.2, -0.15) is 0 Å². The van der Waals surface area contributed by atoms with E-state index < -0.39 is 0 Å². The summed E-state index contributed by atoms with van der Waals surface area (Å²) in [5.74, 6) is 0.734. The fourth-order valence-electron chi connectivity index (χ4n) is 3.66. The van der Waals surface area contributed by atoms with Crippen molar-refractivity contribution in [2.75, 3.05) is 32.6 Å². The third-order valence-corrected chi connectivity index (χ3v) is 5.43. The van der Waals surface area contributed by atoms with Gasteiger partial charge in [0.05, 0.1) is 5.57 Å². The van der Waals surface area contributed by atoms with Crippen LogP contribution >= 0.6 is 0 Å². The van der Waals surface area contributed by atoms with E-state index in [1.807, 2.05) is 69.6 Å². The molecule has 3 aromatic rings. The quantitative estimate of drug-likeness (QED) is 0.333. The van der Waals surface area contributed by atoms with Gasteiger partial charge in [0.1, 0.15) is 18.1 Å². The summed E-state index contributed by atoms with van der Waals surface area (Å²) in [5, 5.41) is 12.8. The summed E-state index contributed by atoms with van der Waals surface area (Å²) in [6, 6.07) is 22.2. The van der Waals surface area contributed by atoms with Crippen LogP contribution in [0.4, 0.5) is 5.69 Å². The third kappa shape index (κ3) is 6.46. The van der Waals surface area contributed by atoms with Gasteiger partial charge in [0.15, 0.2) is 0 Å². The van der Waals surface area contributed by atoms with Gasteiger partial charge in [-0.1, -0.05) is 43.3 Å². The number of phenols is 1. The van der Waals surface area contributed by atoms with E-state index in [1.165, 1.54) is 0 Å². The molecule has 3 aromatic carbocycles. The summed E-state index contributed by atoms with van der Waals surface area (Å²) in [7, 11) is 4.01. The van der Waals surface area contributed by atoms with Crippen LogP contribution in [0.15, 0.2) is 72.8 Å². The number of anilines is 1. The van der Waals surface area contributed by atoms with Crippen molar-refractivity contribution in [2.24, 2.45) is 0 Å². The number of hydrogen-bond donors (Lipinski definition) is 2. The van der Waals surface area contributed by atoms with Gasteiger partial charge in [-0.25, -0.2) is 0 Å². The first-order valence-electron chi connectivity index (χ1n) is 11.2. The number of likely N-dealkylation sites (N-methyl/N-ethyl adjacent to an activating group) is 1.